The molecule has 6 nitrogen and oxygen atoms in total. The summed E-state index contributed by atoms with van der Waals surface area (Å²) in [5.74, 6) is 0.730. The van der Waals surface area contributed by atoms with Gasteiger partial charge in [0.25, 0.3) is 0 Å². The number of fused-ring (bicyclic) bond motifs is 1. The minimum Gasteiger partial charge on any atom is -0.490 e. The van der Waals surface area contributed by atoms with Gasteiger partial charge in [0.05, 0.1) is 12.2 Å². The monoisotopic (exact) mass is 277 g/mol. The first-order valence-electron chi connectivity index (χ1n) is 6.66. The Balaban J connectivity index is 1.82. The Hall–Kier alpha value is -2.08. The third-order valence-electron chi connectivity index (χ3n) is 2.94. The molecule has 1 aliphatic rings. The van der Waals surface area contributed by atoms with E-state index < -0.39 is 0 Å². The Labute approximate surface area is 117 Å². The van der Waals surface area contributed by atoms with Gasteiger partial charge in [0.15, 0.2) is 5.78 Å². The Bertz CT molecular complexity index is 502. The highest BCUT2D eigenvalue weighted by Gasteiger charge is 2.13. The van der Waals surface area contributed by atoms with E-state index in [0.717, 1.165) is 18.0 Å². The van der Waals surface area contributed by atoms with Gasteiger partial charge in [0, 0.05) is 32.1 Å². The van der Waals surface area contributed by atoms with Crippen molar-refractivity contribution < 1.29 is 14.3 Å². The van der Waals surface area contributed by atoms with Crippen molar-refractivity contribution in [3.05, 3.63) is 23.8 Å². The minimum atomic E-state index is -0.0705. The summed E-state index contributed by atoms with van der Waals surface area (Å²) >= 11 is 0. The first-order valence-corrected chi connectivity index (χ1v) is 6.66. The van der Waals surface area contributed by atoms with Crippen molar-refractivity contribution >= 4 is 17.4 Å². The maximum atomic E-state index is 12.0. The summed E-state index contributed by atoms with van der Waals surface area (Å²) < 4.78 is 5.46. The fourth-order valence-electron chi connectivity index (χ4n) is 1.95. The molecule has 0 spiro atoms. The van der Waals surface area contributed by atoms with Crippen LogP contribution in [0.4, 0.5) is 5.69 Å². The SMILES string of the molecule is CC(=O)NCCNCC(=O)c1ccc2c(c1)NCCO2. The molecule has 20 heavy (non-hydrogen) atoms. The van der Waals surface area contributed by atoms with Crippen LogP contribution in [0, 0.1) is 0 Å². The van der Waals surface area contributed by atoms with Crippen LogP contribution in [-0.2, 0) is 4.79 Å². The van der Waals surface area contributed by atoms with E-state index in [2.05, 4.69) is 16.0 Å². The molecule has 108 valence electrons. The zero-order valence-corrected chi connectivity index (χ0v) is 11.5. The lowest BCUT2D eigenvalue weighted by molar-refractivity contribution is -0.118. The molecule has 1 heterocycles. The van der Waals surface area contributed by atoms with E-state index in [1.807, 2.05) is 12.1 Å². The average Bonchev–Trinajstić information content (AvgIpc) is 2.46. The zero-order valence-electron chi connectivity index (χ0n) is 11.5. The van der Waals surface area contributed by atoms with Crippen LogP contribution in [0.2, 0.25) is 0 Å². The van der Waals surface area contributed by atoms with Gasteiger partial charge in [-0.2, -0.15) is 0 Å². The van der Waals surface area contributed by atoms with Crippen LogP contribution in [-0.4, -0.2) is 44.5 Å². The number of ether oxygens (including phenoxy) is 1. The van der Waals surface area contributed by atoms with E-state index in [1.54, 1.807) is 6.07 Å². The molecule has 6 heteroatoms. The number of hydrogen-bond donors (Lipinski definition) is 3. The van der Waals surface area contributed by atoms with Gasteiger partial charge in [0.1, 0.15) is 12.4 Å². The molecular weight excluding hydrogens is 258 g/mol. The molecule has 1 aromatic rings. The molecule has 0 saturated carbocycles. The molecule has 0 aliphatic carbocycles. The van der Waals surface area contributed by atoms with Crippen molar-refractivity contribution in [3.63, 3.8) is 0 Å². The lowest BCUT2D eigenvalue weighted by Gasteiger charge is -2.19. The number of carbonyl (C=O) groups excluding carboxylic acids is 2. The number of amides is 1. The van der Waals surface area contributed by atoms with Crippen LogP contribution >= 0.6 is 0 Å². The Kier molecular flexibility index (Phi) is 4.95. The Morgan fingerprint density at radius 3 is 3.00 bits per heavy atom. The number of nitrogens with one attached hydrogen (secondary N) is 3. The summed E-state index contributed by atoms with van der Waals surface area (Å²) in [6.45, 7) is 4.19. The normalized spacial score (nSPS) is 12.8. The summed E-state index contributed by atoms with van der Waals surface area (Å²) in [7, 11) is 0. The summed E-state index contributed by atoms with van der Waals surface area (Å²) in [4.78, 5) is 22.7. The zero-order chi connectivity index (χ0) is 14.4. The first-order chi connectivity index (χ1) is 9.66. The molecule has 1 amide bonds. The fourth-order valence-corrected chi connectivity index (χ4v) is 1.95. The molecule has 0 fully saturated rings. The van der Waals surface area contributed by atoms with Crippen LogP contribution in [0.3, 0.4) is 0 Å². The van der Waals surface area contributed by atoms with Crippen LogP contribution in [0.1, 0.15) is 17.3 Å². The number of anilines is 1. The number of ketones is 1. The summed E-state index contributed by atoms with van der Waals surface area (Å²) in [6, 6.07) is 5.39. The average molecular weight is 277 g/mol. The van der Waals surface area contributed by atoms with Crippen molar-refractivity contribution in [1.29, 1.82) is 0 Å². The molecule has 0 aromatic heterocycles. The number of carbonyl (C=O) groups is 2. The van der Waals surface area contributed by atoms with Gasteiger partial charge >= 0.3 is 0 Å². The molecule has 3 N–H and O–H groups in total. The van der Waals surface area contributed by atoms with E-state index in [1.165, 1.54) is 6.92 Å². The number of rotatable bonds is 6. The van der Waals surface area contributed by atoms with Gasteiger partial charge in [-0.1, -0.05) is 0 Å². The third kappa shape index (κ3) is 3.96. The quantitative estimate of drug-likeness (QED) is 0.518. The second kappa shape index (κ2) is 6.91. The van der Waals surface area contributed by atoms with Gasteiger partial charge in [0.2, 0.25) is 5.91 Å². The second-order valence-corrected chi connectivity index (χ2v) is 4.57. The topological polar surface area (TPSA) is 79.5 Å². The van der Waals surface area contributed by atoms with Crippen molar-refractivity contribution in [2.45, 2.75) is 6.92 Å². The van der Waals surface area contributed by atoms with Crippen molar-refractivity contribution in [1.82, 2.24) is 10.6 Å². The highest BCUT2D eigenvalue weighted by molar-refractivity contribution is 5.98. The second-order valence-electron chi connectivity index (χ2n) is 4.57. The van der Waals surface area contributed by atoms with Gasteiger partial charge in [-0.3, -0.25) is 9.59 Å². The molecular formula is C14H19N3O3. The lowest BCUT2D eigenvalue weighted by atomic mass is 10.1. The lowest BCUT2D eigenvalue weighted by Crippen LogP contribution is -2.33. The molecule has 2 rings (SSSR count). The van der Waals surface area contributed by atoms with Gasteiger partial charge < -0.3 is 20.7 Å². The third-order valence-corrected chi connectivity index (χ3v) is 2.94. The Morgan fingerprint density at radius 1 is 1.35 bits per heavy atom. The van der Waals surface area contributed by atoms with E-state index in [0.29, 0.717) is 25.3 Å². The number of Topliss-reactive ketones (excluding diaryl/α,β-unsaturated/α-hetero) is 1. The predicted octanol–water partition coefficient (Wildman–Crippen LogP) is 0.399. The van der Waals surface area contributed by atoms with Crippen LogP contribution in [0.5, 0.6) is 5.75 Å². The fraction of sp³-hybridized carbons (Fsp3) is 0.429. The van der Waals surface area contributed by atoms with E-state index in [-0.39, 0.29) is 18.2 Å². The number of benzene rings is 1. The van der Waals surface area contributed by atoms with Crippen LogP contribution in [0.15, 0.2) is 18.2 Å². The molecule has 1 aliphatic heterocycles. The molecule has 0 radical (unpaired) electrons. The highest BCUT2D eigenvalue weighted by atomic mass is 16.5. The number of hydrogen-bond acceptors (Lipinski definition) is 5. The van der Waals surface area contributed by atoms with Crippen molar-refractivity contribution in [3.8, 4) is 5.75 Å². The standard InChI is InChI=1S/C14H19N3O3/c1-10(18)16-5-4-15-9-13(19)11-2-3-14-12(8-11)17-6-7-20-14/h2-3,8,15,17H,4-7,9H2,1H3,(H,16,18). The van der Waals surface area contributed by atoms with E-state index in [4.69, 9.17) is 4.74 Å². The molecule has 1 aromatic carbocycles. The molecule has 0 saturated heterocycles. The van der Waals surface area contributed by atoms with Crippen LogP contribution in [0.25, 0.3) is 0 Å². The van der Waals surface area contributed by atoms with Crippen molar-refractivity contribution in [2.75, 3.05) is 38.1 Å². The largest absolute Gasteiger partial charge is 0.490 e. The predicted molar refractivity (Wildman–Crippen MR) is 76.3 cm³/mol. The minimum absolute atomic E-state index is 0.0167. The smallest absolute Gasteiger partial charge is 0.216 e. The molecule has 0 unspecified atom stereocenters. The van der Waals surface area contributed by atoms with E-state index in [9.17, 15) is 9.59 Å². The maximum Gasteiger partial charge on any atom is 0.216 e. The van der Waals surface area contributed by atoms with E-state index >= 15 is 0 Å². The first kappa shape index (κ1) is 14.3. The van der Waals surface area contributed by atoms with Gasteiger partial charge in [-0.15, -0.1) is 0 Å². The molecule has 0 atom stereocenters. The van der Waals surface area contributed by atoms with Gasteiger partial charge in [-0.05, 0) is 18.2 Å². The Morgan fingerprint density at radius 2 is 2.20 bits per heavy atom. The molecule has 0 bridgehead atoms. The van der Waals surface area contributed by atoms with Gasteiger partial charge in [-0.25, -0.2) is 0 Å². The van der Waals surface area contributed by atoms with Crippen LogP contribution < -0.4 is 20.7 Å². The summed E-state index contributed by atoms with van der Waals surface area (Å²) in [5.41, 5.74) is 1.51. The highest BCUT2D eigenvalue weighted by Crippen LogP contribution is 2.27. The maximum absolute atomic E-state index is 12.0. The summed E-state index contributed by atoms with van der Waals surface area (Å²) in [6.07, 6.45) is 0. The summed E-state index contributed by atoms with van der Waals surface area (Å²) in [5, 5.41) is 8.87. The van der Waals surface area contributed by atoms with Crippen molar-refractivity contribution in [2.24, 2.45) is 0 Å².